The second kappa shape index (κ2) is 7.17. The van der Waals surface area contributed by atoms with E-state index in [4.69, 9.17) is 0 Å². The predicted molar refractivity (Wildman–Crippen MR) is 80.3 cm³/mol. The second-order valence-corrected chi connectivity index (χ2v) is 6.93. The van der Waals surface area contributed by atoms with Gasteiger partial charge >= 0.3 is 0 Å². The number of aryl methyl sites for hydroxylation is 1. The van der Waals surface area contributed by atoms with E-state index < -0.39 is 10.0 Å². The first kappa shape index (κ1) is 15.4. The number of nitrogens with zero attached hydrogens (tertiary/aromatic N) is 1. The van der Waals surface area contributed by atoms with E-state index in [-0.39, 0.29) is 0 Å². The van der Waals surface area contributed by atoms with Gasteiger partial charge in [-0.1, -0.05) is 12.1 Å². The fourth-order valence-electron chi connectivity index (χ4n) is 2.31. The average molecular weight is 297 g/mol. The van der Waals surface area contributed by atoms with Crippen LogP contribution >= 0.6 is 0 Å². The highest BCUT2D eigenvalue weighted by Crippen LogP contribution is 2.10. The molecule has 2 N–H and O–H groups in total. The Morgan fingerprint density at radius 3 is 2.75 bits per heavy atom. The van der Waals surface area contributed by atoms with Crippen molar-refractivity contribution in [2.24, 2.45) is 0 Å². The number of benzene rings is 1. The van der Waals surface area contributed by atoms with Crippen LogP contribution in [0.4, 0.5) is 0 Å². The quantitative estimate of drug-likeness (QED) is 0.754. The van der Waals surface area contributed by atoms with E-state index in [0.29, 0.717) is 11.4 Å². The SMILES string of the molecule is Cc1cccc(S(=O)(=O)NCCCN2CCNCC2)c1. The summed E-state index contributed by atoms with van der Waals surface area (Å²) in [6.45, 7) is 7.46. The molecule has 0 amide bonds. The lowest BCUT2D eigenvalue weighted by Crippen LogP contribution is -2.44. The summed E-state index contributed by atoms with van der Waals surface area (Å²) in [5.74, 6) is 0. The zero-order valence-corrected chi connectivity index (χ0v) is 12.7. The Morgan fingerprint density at radius 2 is 2.05 bits per heavy atom. The maximum atomic E-state index is 12.1. The van der Waals surface area contributed by atoms with E-state index in [9.17, 15) is 8.42 Å². The van der Waals surface area contributed by atoms with Crippen molar-refractivity contribution in [1.82, 2.24) is 14.9 Å². The van der Waals surface area contributed by atoms with E-state index in [1.54, 1.807) is 18.2 Å². The molecule has 1 aliphatic heterocycles. The van der Waals surface area contributed by atoms with Gasteiger partial charge in [0.05, 0.1) is 4.90 Å². The van der Waals surface area contributed by atoms with Crippen molar-refractivity contribution in [3.05, 3.63) is 29.8 Å². The van der Waals surface area contributed by atoms with E-state index in [1.807, 2.05) is 13.0 Å². The lowest BCUT2D eigenvalue weighted by Gasteiger charge is -2.27. The first-order valence-corrected chi connectivity index (χ1v) is 8.56. The molecule has 1 fully saturated rings. The van der Waals surface area contributed by atoms with Crippen LogP contribution in [0.1, 0.15) is 12.0 Å². The van der Waals surface area contributed by atoms with Crippen LogP contribution in [-0.2, 0) is 10.0 Å². The Hall–Kier alpha value is -0.950. The first-order chi connectivity index (χ1) is 9.58. The van der Waals surface area contributed by atoms with Crippen LogP contribution in [0.15, 0.2) is 29.2 Å². The lowest BCUT2D eigenvalue weighted by atomic mass is 10.2. The highest BCUT2D eigenvalue weighted by molar-refractivity contribution is 7.89. The highest BCUT2D eigenvalue weighted by Gasteiger charge is 2.14. The minimum absolute atomic E-state index is 0.347. The van der Waals surface area contributed by atoms with Gasteiger partial charge in [0, 0.05) is 32.7 Å². The van der Waals surface area contributed by atoms with Gasteiger partial charge in [0.2, 0.25) is 10.0 Å². The Kier molecular flexibility index (Phi) is 5.54. The molecule has 1 heterocycles. The number of rotatable bonds is 6. The predicted octanol–water partition coefficient (Wildman–Crippen LogP) is 0.569. The molecule has 0 saturated carbocycles. The molecule has 1 aromatic carbocycles. The van der Waals surface area contributed by atoms with Crippen molar-refractivity contribution >= 4 is 10.0 Å². The van der Waals surface area contributed by atoms with Crippen LogP contribution in [0.3, 0.4) is 0 Å². The molecule has 112 valence electrons. The van der Waals surface area contributed by atoms with Gasteiger partial charge in [-0.05, 0) is 37.6 Å². The maximum Gasteiger partial charge on any atom is 0.240 e. The van der Waals surface area contributed by atoms with E-state index in [1.165, 1.54) is 0 Å². The Bertz CT molecular complexity index is 525. The number of sulfonamides is 1. The topological polar surface area (TPSA) is 61.4 Å². The van der Waals surface area contributed by atoms with E-state index in [0.717, 1.165) is 44.7 Å². The normalized spacial score (nSPS) is 17.2. The van der Waals surface area contributed by atoms with Crippen molar-refractivity contribution in [2.45, 2.75) is 18.2 Å². The summed E-state index contributed by atoms with van der Waals surface area (Å²) >= 11 is 0. The molecule has 0 spiro atoms. The molecule has 1 aromatic rings. The van der Waals surface area contributed by atoms with Crippen molar-refractivity contribution in [3.63, 3.8) is 0 Å². The third kappa shape index (κ3) is 4.56. The van der Waals surface area contributed by atoms with Gasteiger partial charge in [0.15, 0.2) is 0 Å². The summed E-state index contributed by atoms with van der Waals surface area (Å²) in [6, 6.07) is 6.98. The summed E-state index contributed by atoms with van der Waals surface area (Å²) in [5, 5.41) is 3.30. The van der Waals surface area contributed by atoms with Crippen molar-refractivity contribution < 1.29 is 8.42 Å². The summed E-state index contributed by atoms with van der Waals surface area (Å²) in [6.07, 6.45) is 0.838. The minimum Gasteiger partial charge on any atom is -0.314 e. The fourth-order valence-corrected chi connectivity index (χ4v) is 3.49. The zero-order valence-electron chi connectivity index (χ0n) is 11.9. The van der Waals surface area contributed by atoms with Crippen LogP contribution in [0.5, 0.6) is 0 Å². The van der Waals surface area contributed by atoms with Gasteiger partial charge in [-0.25, -0.2) is 13.1 Å². The molecule has 0 unspecified atom stereocenters. The molecule has 1 saturated heterocycles. The van der Waals surface area contributed by atoms with Gasteiger partial charge in [0.1, 0.15) is 0 Å². The lowest BCUT2D eigenvalue weighted by molar-refractivity contribution is 0.239. The summed E-state index contributed by atoms with van der Waals surface area (Å²) in [7, 11) is -3.37. The van der Waals surface area contributed by atoms with Gasteiger partial charge in [-0.2, -0.15) is 0 Å². The van der Waals surface area contributed by atoms with Gasteiger partial charge in [-0.3, -0.25) is 0 Å². The molecular weight excluding hydrogens is 274 g/mol. The van der Waals surface area contributed by atoms with Gasteiger partial charge in [0.25, 0.3) is 0 Å². The van der Waals surface area contributed by atoms with Crippen LogP contribution in [0.2, 0.25) is 0 Å². The van der Waals surface area contributed by atoms with Crippen LogP contribution < -0.4 is 10.0 Å². The Morgan fingerprint density at radius 1 is 1.30 bits per heavy atom. The van der Waals surface area contributed by atoms with Crippen LogP contribution in [0.25, 0.3) is 0 Å². The fraction of sp³-hybridized carbons (Fsp3) is 0.571. The maximum absolute atomic E-state index is 12.1. The molecule has 5 nitrogen and oxygen atoms in total. The molecule has 20 heavy (non-hydrogen) atoms. The third-order valence-corrected chi connectivity index (χ3v) is 4.91. The molecule has 0 aromatic heterocycles. The standard InChI is InChI=1S/C14H23N3O2S/c1-13-4-2-5-14(12-13)20(18,19)16-6-3-9-17-10-7-15-8-11-17/h2,4-5,12,15-16H,3,6-11H2,1H3. The Labute approximate surface area is 121 Å². The molecule has 0 atom stereocenters. The van der Waals surface area contributed by atoms with Crippen LogP contribution in [-0.4, -0.2) is 52.6 Å². The molecular formula is C14H23N3O2S. The number of hydrogen-bond acceptors (Lipinski definition) is 4. The Balaban J connectivity index is 1.78. The summed E-state index contributed by atoms with van der Waals surface area (Å²) < 4.78 is 26.9. The van der Waals surface area contributed by atoms with Crippen LogP contribution in [0, 0.1) is 6.92 Å². The number of piperazine rings is 1. The second-order valence-electron chi connectivity index (χ2n) is 5.16. The number of nitrogens with one attached hydrogen (secondary N) is 2. The molecule has 6 heteroatoms. The van der Waals surface area contributed by atoms with Crippen molar-refractivity contribution in [2.75, 3.05) is 39.3 Å². The van der Waals surface area contributed by atoms with Gasteiger partial charge < -0.3 is 10.2 Å². The molecule has 2 rings (SSSR count). The third-order valence-electron chi connectivity index (χ3n) is 3.45. The number of hydrogen-bond donors (Lipinski definition) is 2. The monoisotopic (exact) mass is 297 g/mol. The molecule has 0 radical (unpaired) electrons. The van der Waals surface area contributed by atoms with Crippen molar-refractivity contribution in [3.8, 4) is 0 Å². The summed E-state index contributed by atoms with van der Waals surface area (Å²) in [4.78, 5) is 2.71. The summed E-state index contributed by atoms with van der Waals surface area (Å²) in [5.41, 5.74) is 0.952. The molecule has 0 bridgehead atoms. The zero-order chi connectivity index (χ0) is 14.4. The largest absolute Gasteiger partial charge is 0.314 e. The first-order valence-electron chi connectivity index (χ1n) is 7.07. The average Bonchev–Trinajstić information content (AvgIpc) is 2.45. The molecule has 1 aliphatic rings. The molecule has 0 aliphatic carbocycles. The van der Waals surface area contributed by atoms with Gasteiger partial charge in [-0.15, -0.1) is 0 Å². The van der Waals surface area contributed by atoms with E-state index >= 15 is 0 Å². The smallest absolute Gasteiger partial charge is 0.240 e. The minimum atomic E-state index is -3.37. The van der Waals surface area contributed by atoms with Crippen molar-refractivity contribution in [1.29, 1.82) is 0 Å². The highest BCUT2D eigenvalue weighted by atomic mass is 32.2. The van der Waals surface area contributed by atoms with E-state index in [2.05, 4.69) is 14.9 Å².